The number of nitrogens with zero attached hydrogens (tertiary/aromatic N) is 3. The van der Waals surface area contributed by atoms with Crippen LogP contribution in [0.25, 0.3) is 0 Å². The maximum atomic E-state index is 14.7. The minimum Gasteiger partial charge on any atom is -0.336 e. The maximum Gasteiger partial charge on any atom is 0.276 e. The number of amides is 3. The number of halogens is 1. The molecule has 8 heteroatoms. The SMILES string of the molecule is CC(C)=NC(=O)c1cccc(CN2CCN(C(=O)c3ccc(NC(=O)C4CCCCC4)c(F)c3)CC2)c1. The molecule has 1 saturated heterocycles. The third-order valence-electron chi connectivity index (χ3n) is 7.01. The number of aliphatic imine (C=N–C) groups is 1. The van der Waals surface area contributed by atoms with Crippen molar-refractivity contribution in [2.24, 2.45) is 10.9 Å². The number of nitrogens with one attached hydrogen (secondary N) is 1. The van der Waals surface area contributed by atoms with Gasteiger partial charge in [0.25, 0.3) is 11.8 Å². The Morgan fingerprint density at radius 2 is 1.68 bits per heavy atom. The van der Waals surface area contributed by atoms with Crippen molar-refractivity contribution < 1.29 is 18.8 Å². The fourth-order valence-electron chi connectivity index (χ4n) is 4.97. The average molecular weight is 507 g/mol. The zero-order valence-corrected chi connectivity index (χ0v) is 21.6. The van der Waals surface area contributed by atoms with Gasteiger partial charge in [-0.2, -0.15) is 0 Å². The molecule has 4 rings (SSSR count). The first-order valence-corrected chi connectivity index (χ1v) is 13.1. The van der Waals surface area contributed by atoms with Crippen molar-refractivity contribution in [1.82, 2.24) is 9.80 Å². The summed E-state index contributed by atoms with van der Waals surface area (Å²) in [7, 11) is 0. The molecule has 2 aromatic rings. The van der Waals surface area contributed by atoms with Gasteiger partial charge >= 0.3 is 0 Å². The summed E-state index contributed by atoms with van der Waals surface area (Å²) in [4.78, 5) is 45.7. The van der Waals surface area contributed by atoms with Crippen LogP contribution in [0.4, 0.5) is 10.1 Å². The quantitative estimate of drug-likeness (QED) is 0.564. The molecule has 7 nitrogen and oxygen atoms in total. The maximum absolute atomic E-state index is 14.7. The first-order valence-electron chi connectivity index (χ1n) is 13.1. The lowest BCUT2D eigenvalue weighted by atomic mass is 9.88. The number of carbonyl (C=O) groups excluding carboxylic acids is 3. The molecule has 0 aromatic heterocycles. The average Bonchev–Trinajstić information content (AvgIpc) is 2.90. The van der Waals surface area contributed by atoms with Crippen LogP contribution in [0, 0.1) is 11.7 Å². The number of piperazine rings is 1. The molecule has 1 aliphatic heterocycles. The van der Waals surface area contributed by atoms with Gasteiger partial charge in [-0.15, -0.1) is 0 Å². The zero-order valence-electron chi connectivity index (χ0n) is 21.6. The molecule has 0 spiro atoms. The summed E-state index contributed by atoms with van der Waals surface area (Å²) in [6, 6.07) is 11.8. The highest BCUT2D eigenvalue weighted by atomic mass is 19.1. The van der Waals surface area contributed by atoms with Gasteiger partial charge in [-0.3, -0.25) is 19.3 Å². The highest BCUT2D eigenvalue weighted by Gasteiger charge is 2.25. The van der Waals surface area contributed by atoms with Crippen molar-refractivity contribution in [3.05, 3.63) is 65.0 Å². The van der Waals surface area contributed by atoms with Gasteiger partial charge in [-0.25, -0.2) is 9.38 Å². The molecule has 1 saturated carbocycles. The van der Waals surface area contributed by atoms with Gasteiger partial charge < -0.3 is 10.2 Å². The lowest BCUT2D eigenvalue weighted by Gasteiger charge is -2.35. The molecule has 2 aliphatic rings. The number of rotatable bonds is 6. The smallest absolute Gasteiger partial charge is 0.276 e. The summed E-state index contributed by atoms with van der Waals surface area (Å²) in [5.41, 5.74) is 2.70. The minimum absolute atomic E-state index is 0.0669. The Labute approximate surface area is 217 Å². The van der Waals surface area contributed by atoms with Crippen molar-refractivity contribution in [3.8, 4) is 0 Å². The van der Waals surface area contributed by atoms with Gasteiger partial charge in [0.1, 0.15) is 5.82 Å². The van der Waals surface area contributed by atoms with Crippen LogP contribution < -0.4 is 5.32 Å². The standard InChI is InChI=1S/C29H35FN4O3/c1-20(2)31-28(36)23-10-6-7-21(17-23)19-33-13-15-34(16-14-33)29(37)24-11-12-26(25(30)18-24)32-27(35)22-8-4-3-5-9-22/h6-7,10-12,17-18,22H,3-5,8-9,13-16,19H2,1-2H3,(H,32,35). The predicted molar refractivity (Wildman–Crippen MR) is 142 cm³/mol. The van der Waals surface area contributed by atoms with E-state index >= 15 is 0 Å². The second kappa shape index (κ2) is 12.2. The lowest BCUT2D eigenvalue weighted by molar-refractivity contribution is -0.120. The molecule has 37 heavy (non-hydrogen) atoms. The topological polar surface area (TPSA) is 82.1 Å². The normalized spacial score (nSPS) is 16.8. The summed E-state index contributed by atoms with van der Waals surface area (Å²) >= 11 is 0. The molecule has 196 valence electrons. The fourth-order valence-corrected chi connectivity index (χ4v) is 4.97. The van der Waals surface area contributed by atoms with E-state index in [1.807, 2.05) is 18.2 Å². The molecule has 2 aromatic carbocycles. The van der Waals surface area contributed by atoms with Crippen LogP contribution in [0.2, 0.25) is 0 Å². The van der Waals surface area contributed by atoms with E-state index in [1.165, 1.54) is 12.1 Å². The number of carbonyl (C=O) groups is 3. The molecule has 0 bridgehead atoms. The van der Waals surface area contributed by atoms with Crippen LogP contribution in [0.15, 0.2) is 47.5 Å². The van der Waals surface area contributed by atoms with Crippen LogP contribution in [0.1, 0.15) is 72.2 Å². The first kappa shape index (κ1) is 26.7. The summed E-state index contributed by atoms with van der Waals surface area (Å²) in [5.74, 6) is -1.27. The predicted octanol–water partition coefficient (Wildman–Crippen LogP) is 4.92. The number of hydrogen-bond donors (Lipinski definition) is 1. The Balaban J connectivity index is 1.30. The molecule has 1 heterocycles. The highest BCUT2D eigenvalue weighted by molar-refractivity contribution is 6.02. The summed E-state index contributed by atoms with van der Waals surface area (Å²) < 4.78 is 14.7. The monoisotopic (exact) mass is 506 g/mol. The first-order chi connectivity index (χ1) is 17.8. The lowest BCUT2D eigenvalue weighted by Crippen LogP contribution is -2.48. The zero-order chi connectivity index (χ0) is 26.4. The molecule has 0 atom stereocenters. The van der Waals surface area contributed by atoms with Crippen LogP contribution in [0.3, 0.4) is 0 Å². The van der Waals surface area contributed by atoms with Crippen molar-refractivity contribution in [1.29, 1.82) is 0 Å². The van der Waals surface area contributed by atoms with Crippen LogP contribution in [-0.4, -0.2) is 59.4 Å². The number of hydrogen-bond acceptors (Lipinski definition) is 4. The Kier molecular flexibility index (Phi) is 8.82. The van der Waals surface area contributed by atoms with E-state index < -0.39 is 5.82 Å². The summed E-state index contributed by atoms with van der Waals surface area (Å²) in [5, 5.41) is 2.70. The van der Waals surface area contributed by atoms with E-state index in [9.17, 15) is 18.8 Å². The van der Waals surface area contributed by atoms with Crippen molar-refractivity contribution >= 4 is 29.1 Å². The van der Waals surface area contributed by atoms with E-state index in [-0.39, 0.29) is 34.9 Å². The van der Waals surface area contributed by atoms with Crippen molar-refractivity contribution in [2.45, 2.75) is 52.5 Å². The van der Waals surface area contributed by atoms with E-state index in [0.29, 0.717) is 38.3 Å². The third kappa shape index (κ3) is 7.10. The van der Waals surface area contributed by atoms with Gasteiger partial charge in [0, 0.05) is 55.5 Å². The Bertz CT molecular complexity index is 1180. The van der Waals surface area contributed by atoms with Gasteiger partial charge in [-0.1, -0.05) is 31.4 Å². The fraction of sp³-hybridized carbons (Fsp3) is 0.448. The minimum atomic E-state index is -0.592. The number of benzene rings is 2. The largest absolute Gasteiger partial charge is 0.336 e. The highest BCUT2D eigenvalue weighted by Crippen LogP contribution is 2.26. The summed E-state index contributed by atoms with van der Waals surface area (Å²) in [6.45, 7) is 6.66. The van der Waals surface area contributed by atoms with Gasteiger partial charge in [0.2, 0.25) is 5.91 Å². The molecule has 2 fully saturated rings. The van der Waals surface area contributed by atoms with Crippen molar-refractivity contribution in [2.75, 3.05) is 31.5 Å². The molecule has 0 unspecified atom stereocenters. The van der Waals surface area contributed by atoms with Gasteiger partial charge in [0.05, 0.1) is 5.69 Å². The van der Waals surface area contributed by atoms with E-state index in [1.54, 1.807) is 30.9 Å². The third-order valence-corrected chi connectivity index (χ3v) is 7.01. The van der Waals surface area contributed by atoms with Crippen LogP contribution in [-0.2, 0) is 11.3 Å². The molecule has 0 radical (unpaired) electrons. The van der Waals surface area contributed by atoms with E-state index in [4.69, 9.17) is 0 Å². The van der Waals surface area contributed by atoms with E-state index in [0.717, 1.165) is 43.4 Å². The molecular weight excluding hydrogens is 471 g/mol. The second-order valence-electron chi connectivity index (χ2n) is 10.2. The number of anilines is 1. The molecule has 1 N–H and O–H groups in total. The van der Waals surface area contributed by atoms with Gasteiger partial charge in [-0.05, 0) is 62.6 Å². The Morgan fingerprint density at radius 3 is 2.35 bits per heavy atom. The molecule has 3 amide bonds. The Hall–Kier alpha value is -3.39. The summed E-state index contributed by atoms with van der Waals surface area (Å²) in [6.07, 6.45) is 4.88. The Morgan fingerprint density at radius 1 is 0.946 bits per heavy atom. The molecular formula is C29H35FN4O3. The van der Waals surface area contributed by atoms with Gasteiger partial charge in [0.15, 0.2) is 0 Å². The molecule has 1 aliphatic carbocycles. The van der Waals surface area contributed by atoms with Crippen LogP contribution >= 0.6 is 0 Å². The van der Waals surface area contributed by atoms with E-state index in [2.05, 4.69) is 15.2 Å². The van der Waals surface area contributed by atoms with Crippen molar-refractivity contribution in [3.63, 3.8) is 0 Å². The second-order valence-corrected chi connectivity index (χ2v) is 10.2. The van der Waals surface area contributed by atoms with Crippen LogP contribution in [0.5, 0.6) is 0 Å².